The number of carbonyl (C=O) groups is 2. The van der Waals surface area contributed by atoms with Crippen molar-refractivity contribution in [1.82, 2.24) is 0 Å². The minimum absolute atomic E-state index is 0.155. The Labute approximate surface area is 70.2 Å². The van der Waals surface area contributed by atoms with Crippen molar-refractivity contribution in [3.63, 3.8) is 0 Å². The van der Waals surface area contributed by atoms with Gasteiger partial charge in [-0.05, 0) is 18.8 Å². The van der Waals surface area contributed by atoms with Crippen molar-refractivity contribution < 1.29 is 19.8 Å². The van der Waals surface area contributed by atoms with Crippen LogP contribution in [0.2, 0.25) is 0 Å². The summed E-state index contributed by atoms with van der Waals surface area (Å²) >= 11 is 0. The molecule has 0 heterocycles. The Bertz CT molecular complexity index is 207. The normalized spacial score (nSPS) is 24.9. The van der Waals surface area contributed by atoms with Gasteiger partial charge in [-0.2, -0.15) is 0 Å². The molecule has 4 nitrogen and oxygen atoms in total. The predicted molar refractivity (Wildman–Crippen MR) is 40.7 cm³/mol. The highest BCUT2D eigenvalue weighted by Gasteiger charge is 2.65. The first-order chi connectivity index (χ1) is 5.55. The zero-order valence-electron chi connectivity index (χ0n) is 6.91. The Morgan fingerprint density at radius 2 is 1.92 bits per heavy atom. The van der Waals surface area contributed by atoms with E-state index in [9.17, 15) is 9.59 Å². The van der Waals surface area contributed by atoms with Crippen molar-refractivity contribution >= 4 is 11.9 Å². The van der Waals surface area contributed by atoms with E-state index >= 15 is 0 Å². The lowest BCUT2D eigenvalue weighted by Gasteiger charge is -2.04. The molecule has 68 valence electrons. The third kappa shape index (κ3) is 1.07. The van der Waals surface area contributed by atoms with Gasteiger partial charge in [-0.1, -0.05) is 13.3 Å². The molecule has 2 N–H and O–H groups in total. The van der Waals surface area contributed by atoms with Crippen molar-refractivity contribution in [3.05, 3.63) is 0 Å². The molecule has 0 aromatic heterocycles. The summed E-state index contributed by atoms with van der Waals surface area (Å²) in [5.41, 5.74) is -1.45. The monoisotopic (exact) mass is 172 g/mol. The van der Waals surface area contributed by atoms with E-state index in [1.54, 1.807) is 0 Å². The molecule has 4 heteroatoms. The molecule has 0 aromatic carbocycles. The highest BCUT2D eigenvalue weighted by atomic mass is 16.4. The van der Waals surface area contributed by atoms with Gasteiger partial charge >= 0.3 is 11.9 Å². The van der Waals surface area contributed by atoms with Crippen LogP contribution in [0.4, 0.5) is 0 Å². The molecule has 1 saturated carbocycles. The molecule has 0 unspecified atom stereocenters. The van der Waals surface area contributed by atoms with Crippen molar-refractivity contribution in [2.24, 2.45) is 11.3 Å². The average Bonchev–Trinajstić information content (AvgIpc) is 2.64. The molecule has 1 fully saturated rings. The minimum Gasteiger partial charge on any atom is -0.480 e. The number of carboxylic acid groups (broad SMARTS) is 2. The Morgan fingerprint density at radius 3 is 2.17 bits per heavy atom. The molecule has 0 spiro atoms. The lowest BCUT2D eigenvalue weighted by molar-refractivity contribution is -0.157. The standard InChI is InChI=1S/C8H12O4/c1-2-3-5-4-8(5,6(9)10)7(11)12/h5H,2-4H2,1H3,(H,9,10)(H,11,12)/t5-/m0/s1. The van der Waals surface area contributed by atoms with Gasteiger partial charge in [0.25, 0.3) is 0 Å². The molecule has 1 aliphatic carbocycles. The van der Waals surface area contributed by atoms with E-state index in [1.165, 1.54) is 0 Å². The first-order valence-corrected chi connectivity index (χ1v) is 4.02. The number of rotatable bonds is 4. The quantitative estimate of drug-likeness (QED) is 0.619. The summed E-state index contributed by atoms with van der Waals surface area (Å²) in [6.07, 6.45) is 1.83. The summed E-state index contributed by atoms with van der Waals surface area (Å²) < 4.78 is 0. The fraction of sp³-hybridized carbons (Fsp3) is 0.750. The third-order valence-electron chi connectivity index (χ3n) is 2.51. The van der Waals surface area contributed by atoms with E-state index < -0.39 is 17.4 Å². The lowest BCUT2D eigenvalue weighted by Crippen LogP contribution is -2.27. The van der Waals surface area contributed by atoms with Crippen LogP contribution in [0.15, 0.2) is 0 Å². The molecule has 12 heavy (non-hydrogen) atoms. The van der Waals surface area contributed by atoms with Gasteiger partial charge < -0.3 is 10.2 Å². The van der Waals surface area contributed by atoms with E-state index in [0.717, 1.165) is 6.42 Å². The van der Waals surface area contributed by atoms with Crippen LogP contribution in [0, 0.1) is 11.3 Å². The van der Waals surface area contributed by atoms with Crippen LogP contribution in [0.5, 0.6) is 0 Å². The maximum atomic E-state index is 10.6. The highest BCUT2D eigenvalue weighted by Crippen LogP contribution is 2.55. The van der Waals surface area contributed by atoms with Crippen molar-refractivity contribution in [2.45, 2.75) is 26.2 Å². The Hall–Kier alpha value is -1.06. The van der Waals surface area contributed by atoms with Gasteiger partial charge in [-0.3, -0.25) is 9.59 Å². The largest absolute Gasteiger partial charge is 0.480 e. The van der Waals surface area contributed by atoms with E-state index in [-0.39, 0.29) is 5.92 Å². The SMILES string of the molecule is CCC[C@H]1CC1(C(=O)O)C(=O)O. The fourth-order valence-corrected chi connectivity index (χ4v) is 1.64. The van der Waals surface area contributed by atoms with Crippen LogP contribution >= 0.6 is 0 Å². The van der Waals surface area contributed by atoms with E-state index in [2.05, 4.69) is 0 Å². The smallest absolute Gasteiger partial charge is 0.321 e. The predicted octanol–water partition coefficient (Wildman–Crippen LogP) is 0.962. The van der Waals surface area contributed by atoms with Crippen molar-refractivity contribution in [1.29, 1.82) is 0 Å². The van der Waals surface area contributed by atoms with Crippen LogP contribution in [0.25, 0.3) is 0 Å². The van der Waals surface area contributed by atoms with Crippen LogP contribution in [-0.2, 0) is 9.59 Å². The molecule has 0 radical (unpaired) electrons. The summed E-state index contributed by atoms with van der Waals surface area (Å²) in [7, 11) is 0. The van der Waals surface area contributed by atoms with Gasteiger partial charge in [-0.15, -0.1) is 0 Å². The van der Waals surface area contributed by atoms with Gasteiger partial charge in [0.1, 0.15) is 0 Å². The molecule has 1 atom stereocenters. The van der Waals surface area contributed by atoms with E-state index in [1.807, 2.05) is 6.92 Å². The number of aliphatic carboxylic acids is 2. The highest BCUT2D eigenvalue weighted by molar-refractivity contribution is 6.02. The Balaban J connectivity index is 2.69. The minimum atomic E-state index is -1.45. The third-order valence-corrected chi connectivity index (χ3v) is 2.51. The summed E-state index contributed by atoms with van der Waals surface area (Å²) in [4.78, 5) is 21.3. The topological polar surface area (TPSA) is 74.6 Å². The molecular weight excluding hydrogens is 160 g/mol. The molecule has 0 aliphatic heterocycles. The molecule has 0 saturated heterocycles. The molecule has 0 aromatic rings. The van der Waals surface area contributed by atoms with Gasteiger partial charge in [0, 0.05) is 0 Å². The lowest BCUT2D eigenvalue weighted by atomic mass is 10.0. The number of carboxylic acids is 2. The van der Waals surface area contributed by atoms with Gasteiger partial charge in [0.2, 0.25) is 0 Å². The van der Waals surface area contributed by atoms with Crippen LogP contribution in [0.3, 0.4) is 0 Å². The van der Waals surface area contributed by atoms with Crippen LogP contribution in [-0.4, -0.2) is 22.2 Å². The second kappa shape index (κ2) is 2.77. The molecule has 1 rings (SSSR count). The zero-order chi connectivity index (χ0) is 9.35. The van der Waals surface area contributed by atoms with Gasteiger partial charge in [0.15, 0.2) is 5.41 Å². The second-order valence-corrected chi connectivity index (χ2v) is 3.27. The molecular formula is C8H12O4. The first kappa shape index (κ1) is 9.03. The molecule has 0 bridgehead atoms. The maximum Gasteiger partial charge on any atom is 0.321 e. The zero-order valence-corrected chi connectivity index (χ0v) is 6.91. The van der Waals surface area contributed by atoms with E-state index in [4.69, 9.17) is 10.2 Å². The van der Waals surface area contributed by atoms with Crippen molar-refractivity contribution in [3.8, 4) is 0 Å². The first-order valence-electron chi connectivity index (χ1n) is 4.02. The van der Waals surface area contributed by atoms with Gasteiger partial charge in [0.05, 0.1) is 0 Å². The van der Waals surface area contributed by atoms with E-state index in [0.29, 0.717) is 12.8 Å². The van der Waals surface area contributed by atoms with Crippen molar-refractivity contribution in [2.75, 3.05) is 0 Å². The summed E-state index contributed by atoms with van der Waals surface area (Å²) in [5, 5.41) is 17.4. The Kier molecular flexibility index (Phi) is 2.08. The number of hydrogen-bond donors (Lipinski definition) is 2. The molecule has 0 amide bonds. The summed E-state index contributed by atoms with van der Waals surface area (Å²) in [5.74, 6) is -2.53. The number of hydrogen-bond acceptors (Lipinski definition) is 2. The maximum absolute atomic E-state index is 10.6. The van der Waals surface area contributed by atoms with Gasteiger partial charge in [-0.25, -0.2) is 0 Å². The van der Waals surface area contributed by atoms with Crippen LogP contribution < -0.4 is 0 Å². The summed E-state index contributed by atoms with van der Waals surface area (Å²) in [6.45, 7) is 1.92. The fourth-order valence-electron chi connectivity index (χ4n) is 1.64. The van der Waals surface area contributed by atoms with Crippen LogP contribution in [0.1, 0.15) is 26.2 Å². The Morgan fingerprint density at radius 1 is 1.42 bits per heavy atom. The average molecular weight is 172 g/mol. The molecule has 1 aliphatic rings. The summed E-state index contributed by atoms with van der Waals surface area (Å²) in [6, 6.07) is 0. The second-order valence-electron chi connectivity index (χ2n) is 3.27.